The van der Waals surface area contributed by atoms with Gasteiger partial charge in [0.1, 0.15) is 6.04 Å². The van der Waals surface area contributed by atoms with Crippen LogP contribution in [0.3, 0.4) is 0 Å². The lowest BCUT2D eigenvalue weighted by Gasteiger charge is -2.21. The number of hydrogen-bond donors (Lipinski definition) is 1. The van der Waals surface area contributed by atoms with Gasteiger partial charge in [0.2, 0.25) is 0 Å². The van der Waals surface area contributed by atoms with Crippen molar-refractivity contribution in [2.75, 3.05) is 26.7 Å². The van der Waals surface area contributed by atoms with Gasteiger partial charge in [0.25, 0.3) is 0 Å². The zero-order valence-corrected chi connectivity index (χ0v) is 12.5. The molecule has 4 nitrogen and oxygen atoms in total. The van der Waals surface area contributed by atoms with Crippen molar-refractivity contribution in [2.45, 2.75) is 51.6 Å². The maximum Gasteiger partial charge on any atom is 0.322 e. The minimum atomic E-state index is -0.115. The molecule has 2 unspecified atom stereocenters. The first kappa shape index (κ1) is 14.8. The van der Waals surface area contributed by atoms with E-state index in [4.69, 9.17) is 4.74 Å². The van der Waals surface area contributed by atoms with Crippen LogP contribution < -0.4 is 5.32 Å². The molecule has 4 heteroatoms. The van der Waals surface area contributed by atoms with Gasteiger partial charge < -0.3 is 15.0 Å². The Hall–Kier alpha value is -0.610. The average molecular weight is 268 g/mol. The molecule has 1 aliphatic carbocycles. The molecule has 110 valence electrons. The predicted molar refractivity (Wildman–Crippen MR) is 76.0 cm³/mol. The van der Waals surface area contributed by atoms with Gasteiger partial charge in [-0.1, -0.05) is 13.8 Å². The van der Waals surface area contributed by atoms with E-state index in [2.05, 4.69) is 24.1 Å². The molecule has 1 heterocycles. The van der Waals surface area contributed by atoms with Crippen LogP contribution in [0.5, 0.6) is 0 Å². The van der Waals surface area contributed by atoms with Gasteiger partial charge in [-0.25, -0.2) is 0 Å². The van der Waals surface area contributed by atoms with Crippen molar-refractivity contribution >= 4 is 5.97 Å². The lowest BCUT2D eigenvalue weighted by atomic mass is 9.95. The first-order valence-corrected chi connectivity index (χ1v) is 7.66. The van der Waals surface area contributed by atoms with E-state index in [1.54, 1.807) is 0 Å². The highest BCUT2D eigenvalue weighted by molar-refractivity contribution is 5.75. The molecule has 1 saturated heterocycles. The van der Waals surface area contributed by atoms with Crippen molar-refractivity contribution in [3.05, 3.63) is 0 Å². The van der Waals surface area contributed by atoms with Gasteiger partial charge in [-0.2, -0.15) is 0 Å². The van der Waals surface area contributed by atoms with Crippen LogP contribution in [0.25, 0.3) is 0 Å². The molecule has 0 aromatic carbocycles. The van der Waals surface area contributed by atoms with Gasteiger partial charge in [0.15, 0.2) is 0 Å². The van der Waals surface area contributed by atoms with Gasteiger partial charge in [0, 0.05) is 19.1 Å². The fourth-order valence-corrected chi connectivity index (χ4v) is 2.87. The standard InChI is InChI=1S/C15H28N2O2/c1-11(2)12-6-8-17(10-12)9-7-14(15(18)19-3)16-13-4-5-13/h11-14,16H,4-10H2,1-3H3. The highest BCUT2D eigenvalue weighted by atomic mass is 16.5. The molecule has 19 heavy (non-hydrogen) atoms. The largest absolute Gasteiger partial charge is 0.468 e. The lowest BCUT2D eigenvalue weighted by Crippen LogP contribution is -2.41. The van der Waals surface area contributed by atoms with Crippen LogP contribution in [0.1, 0.15) is 39.5 Å². The van der Waals surface area contributed by atoms with E-state index in [0.29, 0.717) is 6.04 Å². The molecular weight excluding hydrogens is 240 g/mol. The minimum Gasteiger partial charge on any atom is -0.468 e. The summed E-state index contributed by atoms with van der Waals surface area (Å²) in [4.78, 5) is 14.2. The van der Waals surface area contributed by atoms with Crippen LogP contribution in [0.15, 0.2) is 0 Å². The van der Waals surface area contributed by atoms with Crippen LogP contribution in [0.4, 0.5) is 0 Å². The zero-order chi connectivity index (χ0) is 13.8. The molecular formula is C15H28N2O2. The highest BCUT2D eigenvalue weighted by Gasteiger charge is 2.30. The van der Waals surface area contributed by atoms with Crippen molar-refractivity contribution in [1.29, 1.82) is 0 Å². The average Bonchev–Trinajstić information content (AvgIpc) is 3.08. The summed E-state index contributed by atoms with van der Waals surface area (Å²) in [6, 6.07) is 0.432. The number of nitrogens with zero attached hydrogens (tertiary/aromatic N) is 1. The van der Waals surface area contributed by atoms with E-state index >= 15 is 0 Å². The smallest absolute Gasteiger partial charge is 0.322 e. The Morgan fingerprint density at radius 3 is 2.63 bits per heavy atom. The van der Waals surface area contributed by atoms with Gasteiger partial charge in [-0.05, 0) is 44.1 Å². The summed E-state index contributed by atoms with van der Waals surface area (Å²) in [6.45, 7) is 7.98. The van der Waals surface area contributed by atoms with E-state index in [0.717, 1.165) is 24.8 Å². The Morgan fingerprint density at radius 2 is 2.11 bits per heavy atom. The number of ether oxygens (including phenoxy) is 1. The monoisotopic (exact) mass is 268 g/mol. The van der Waals surface area contributed by atoms with Crippen LogP contribution in [-0.4, -0.2) is 49.7 Å². The van der Waals surface area contributed by atoms with Gasteiger partial charge in [0.05, 0.1) is 7.11 Å². The van der Waals surface area contributed by atoms with Gasteiger partial charge >= 0.3 is 5.97 Å². The molecule has 0 spiro atoms. The molecule has 0 radical (unpaired) electrons. The number of likely N-dealkylation sites (tertiary alicyclic amines) is 1. The molecule has 1 N–H and O–H groups in total. The third-order valence-corrected chi connectivity index (χ3v) is 4.49. The maximum atomic E-state index is 11.7. The van der Waals surface area contributed by atoms with E-state index in [-0.39, 0.29) is 12.0 Å². The number of rotatable bonds is 7. The van der Waals surface area contributed by atoms with Crippen LogP contribution >= 0.6 is 0 Å². The summed E-state index contributed by atoms with van der Waals surface area (Å²) in [6.07, 6.45) is 4.57. The van der Waals surface area contributed by atoms with E-state index in [1.165, 1.54) is 39.5 Å². The number of methoxy groups -OCH3 is 1. The normalized spacial score (nSPS) is 25.8. The summed E-state index contributed by atoms with van der Waals surface area (Å²) in [5.74, 6) is 1.49. The first-order chi connectivity index (χ1) is 9.10. The molecule has 0 bridgehead atoms. The van der Waals surface area contributed by atoms with Crippen molar-refractivity contribution in [2.24, 2.45) is 11.8 Å². The van der Waals surface area contributed by atoms with Gasteiger partial charge in [-0.3, -0.25) is 4.79 Å². The van der Waals surface area contributed by atoms with Crippen molar-refractivity contribution in [3.8, 4) is 0 Å². The Labute approximate surface area is 116 Å². The predicted octanol–water partition coefficient (Wildman–Crippen LogP) is 1.65. The fraction of sp³-hybridized carbons (Fsp3) is 0.933. The second kappa shape index (κ2) is 6.71. The Morgan fingerprint density at radius 1 is 1.37 bits per heavy atom. The summed E-state index contributed by atoms with van der Waals surface area (Å²) in [5.41, 5.74) is 0. The lowest BCUT2D eigenvalue weighted by molar-refractivity contribution is -0.143. The second-order valence-corrected chi connectivity index (χ2v) is 6.40. The van der Waals surface area contributed by atoms with E-state index in [9.17, 15) is 4.79 Å². The molecule has 0 amide bonds. The third kappa shape index (κ3) is 4.46. The third-order valence-electron chi connectivity index (χ3n) is 4.49. The molecule has 2 fully saturated rings. The summed E-state index contributed by atoms with van der Waals surface area (Å²) in [5, 5.41) is 3.40. The highest BCUT2D eigenvalue weighted by Crippen LogP contribution is 2.24. The number of carbonyl (C=O) groups excluding carboxylic acids is 1. The SMILES string of the molecule is COC(=O)C(CCN1CCC(C(C)C)C1)NC1CC1. The molecule has 0 aromatic rings. The Bertz CT molecular complexity index is 303. The fourth-order valence-electron chi connectivity index (χ4n) is 2.87. The topological polar surface area (TPSA) is 41.6 Å². The number of nitrogens with one attached hydrogen (secondary N) is 1. The Kier molecular flexibility index (Phi) is 5.22. The zero-order valence-electron chi connectivity index (χ0n) is 12.5. The maximum absolute atomic E-state index is 11.7. The molecule has 2 atom stereocenters. The quantitative estimate of drug-likeness (QED) is 0.713. The molecule has 2 aliphatic rings. The number of carbonyl (C=O) groups is 1. The van der Waals surface area contributed by atoms with Crippen molar-refractivity contribution in [1.82, 2.24) is 10.2 Å². The number of hydrogen-bond acceptors (Lipinski definition) is 4. The van der Waals surface area contributed by atoms with Crippen LogP contribution in [0, 0.1) is 11.8 Å². The van der Waals surface area contributed by atoms with Crippen LogP contribution in [-0.2, 0) is 9.53 Å². The Balaban J connectivity index is 1.73. The summed E-state index contributed by atoms with van der Waals surface area (Å²) in [7, 11) is 1.48. The van der Waals surface area contributed by atoms with E-state index < -0.39 is 0 Å². The molecule has 2 rings (SSSR count). The summed E-state index contributed by atoms with van der Waals surface area (Å²) >= 11 is 0. The van der Waals surface area contributed by atoms with Crippen molar-refractivity contribution in [3.63, 3.8) is 0 Å². The second-order valence-electron chi connectivity index (χ2n) is 6.40. The molecule has 0 aromatic heterocycles. The number of esters is 1. The van der Waals surface area contributed by atoms with Crippen molar-refractivity contribution < 1.29 is 9.53 Å². The molecule has 1 aliphatic heterocycles. The minimum absolute atomic E-state index is 0.105. The van der Waals surface area contributed by atoms with Gasteiger partial charge in [-0.15, -0.1) is 0 Å². The molecule has 1 saturated carbocycles. The first-order valence-electron chi connectivity index (χ1n) is 7.66. The summed E-state index contributed by atoms with van der Waals surface area (Å²) < 4.78 is 4.90. The van der Waals surface area contributed by atoms with Crippen LogP contribution in [0.2, 0.25) is 0 Å². The van der Waals surface area contributed by atoms with E-state index in [1.807, 2.05) is 0 Å².